The summed E-state index contributed by atoms with van der Waals surface area (Å²) in [7, 11) is 0. The van der Waals surface area contributed by atoms with Crippen molar-refractivity contribution in [1.29, 1.82) is 0 Å². The van der Waals surface area contributed by atoms with Gasteiger partial charge in [0.25, 0.3) is 0 Å². The summed E-state index contributed by atoms with van der Waals surface area (Å²) in [5.41, 5.74) is 1.19. The molecule has 0 aliphatic carbocycles. The number of benzene rings is 1. The number of rotatable bonds is 4. The molecule has 17 heavy (non-hydrogen) atoms. The van der Waals surface area contributed by atoms with Crippen LogP contribution < -0.4 is 0 Å². The summed E-state index contributed by atoms with van der Waals surface area (Å²) >= 11 is 13.4. The fourth-order valence-electron chi connectivity index (χ4n) is 1.17. The van der Waals surface area contributed by atoms with E-state index in [9.17, 15) is 0 Å². The lowest BCUT2D eigenvalue weighted by Crippen LogP contribution is -2.04. The van der Waals surface area contributed by atoms with Gasteiger partial charge < -0.3 is 0 Å². The standard InChI is InChI=1S/C13H17Cl2NS/c1-13(2,3)17-16-8-4-5-10-6-7-11(14)12(15)9-10/h6-9H,4-5H2,1-3H3/b16-8+. The van der Waals surface area contributed by atoms with Crippen LogP contribution in [0.1, 0.15) is 32.8 Å². The van der Waals surface area contributed by atoms with E-state index >= 15 is 0 Å². The summed E-state index contributed by atoms with van der Waals surface area (Å²) < 4.78 is 4.51. The van der Waals surface area contributed by atoms with E-state index in [4.69, 9.17) is 23.2 Å². The fourth-order valence-corrected chi connectivity index (χ4v) is 1.99. The summed E-state index contributed by atoms with van der Waals surface area (Å²) in [6.07, 6.45) is 3.81. The predicted octanol–water partition coefficient (Wildman–Crippen LogP) is 5.44. The van der Waals surface area contributed by atoms with Crippen molar-refractivity contribution in [2.75, 3.05) is 0 Å². The SMILES string of the molecule is CC(C)(C)S/N=C/CCc1ccc(Cl)c(Cl)c1. The van der Waals surface area contributed by atoms with Crippen LogP contribution in [0.15, 0.2) is 22.6 Å². The predicted molar refractivity (Wildman–Crippen MR) is 80.6 cm³/mol. The van der Waals surface area contributed by atoms with Gasteiger partial charge in [-0.05, 0) is 63.3 Å². The first-order chi connectivity index (χ1) is 7.88. The van der Waals surface area contributed by atoms with Crippen molar-refractivity contribution in [3.63, 3.8) is 0 Å². The van der Waals surface area contributed by atoms with Crippen molar-refractivity contribution in [3.8, 4) is 0 Å². The third kappa shape index (κ3) is 6.35. The number of aryl methyl sites for hydroxylation is 1. The van der Waals surface area contributed by atoms with Gasteiger partial charge >= 0.3 is 0 Å². The molecule has 0 heterocycles. The molecule has 1 aromatic rings. The first kappa shape index (κ1) is 14.9. The molecule has 0 N–H and O–H groups in total. The maximum absolute atomic E-state index is 5.94. The molecular weight excluding hydrogens is 273 g/mol. The second-order valence-corrected chi connectivity index (χ2v) is 7.21. The number of hydrogen-bond acceptors (Lipinski definition) is 2. The maximum atomic E-state index is 5.94. The van der Waals surface area contributed by atoms with Crippen LogP contribution in [0.5, 0.6) is 0 Å². The Labute approximate surface area is 118 Å². The van der Waals surface area contributed by atoms with E-state index in [0.717, 1.165) is 12.8 Å². The van der Waals surface area contributed by atoms with Crippen molar-refractivity contribution < 1.29 is 0 Å². The highest BCUT2D eigenvalue weighted by atomic mass is 35.5. The summed E-state index contributed by atoms with van der Waals surface area (Å²) in [6.45, 7) is 6.44. The Bertz CT molecular complexity index is 397. The molecule has 0 aliphatic rings. The Kier molecular flexibility index (Phi) is 5.84. The quantitative estimate of drug-likeness (QED) is 0.531. The zero-order valence-electron chi connectivity index (χ0n) is 10.3. The van der Waals surface area contributed by atoms with Gasteiger partial charge in [0.1, 0.15) is 0 Å². The summed E-state index contributed by atoms with van der Waals surface area (Å²) in [6, 6.07) is 5.74. The average Bonchev–Trinajstić information content (AvgIpc) is 2.21. The minimum absolute atomic E-state index is 0.181. The lowest BCUT2D eigenvalue weighted by molar-refractivity contribution is 0.804. The third-order valence-electron chi connectivity index (χ3n) is 1.95. The van der Waals surface area contributed by atoms with Crippen LogP contribution in [0.25, 0.3) is 0 Å². The highest BCUT2D eigenvalue weighted by molar-refractivity contribution is 7.99. The Morgan fingerprint density at radius 1 is 1.24 bits per heavy atom. The van der Waals surface area contributed by atoms with Gasteiger partial charge in [0, 0.05) is 11.0 Å². The average molecular weight is 290 g/mol. The number of halogens is 2. The van der Waals surface area contributed by atoms with Gasteiger partial charge in [-0.2, -0.15) is 0 Å². The fraction of sp³-hybridized carbons (Fsp3) is 0.462. The number of hydrogen-bond donors (Lipinski definition) is 0. The zero-order chi connectivity index (χ0) is 12.9. The van der Waals surface area contributed by atoms with Crippen LogP contribution in [0.2, 0.25) is 10.0 Å². The molecule has 0 bridgehead atoms. The van der Waals surface area contributed by atoms with E-state index < -0.39 is 0 Å². The summed E-state index contributed by atoms with van der Waals surface area (Å²) in [5.74, 6) is 0. The molecule has 0 aromatic heterocycles. The monoisotopic (exact) mass is 289 g/mol. The minimum atomic E-state index is 0.181. The topological polar surface area (TPSA) is 12.4 Å². The molecule has 0 amide bonds. The lowest BCUT2D eigenvalue weighted by atomic mass is 10.1. The normalized spacial score (nSPS) is 12.3. The van der Waals surface area contributed by atoms with Gasteiger partial charge in [-0.25, -0.2) is 4.40 Å². The molecule has 0 saturated heterocycles. The smallest absolute Gasteiger partial charge is 0.0595 e. The Balaban J connectivity index is 2.38. The lowest BCUT2D eigenvalue weighted by Gasteiger charge is -2.12. The van der Waals surface area contributed by atoms with Crippen LogP contribution in [-0.4, -0.2) is 11.0 Å². The first-order valence-electron chi connectivity index (χ1n) is 5.52. The minimum Gasteiger partial charge on any atom is -0.228 e. The van der Waals surface area contributed by atoms with E-state index in [1.54, 1.807) is 11.9 Å². The second kappa shape index (κ2) is 6.67. The number of nitrogens with zero attached hydrogens (tertiary/aromatic N) is 1. The van der Waals surface area contributed by atoms with Crippen molar-refractivity contribution in [2.24, 2.45) is 4.40 Å². The van der Waals surface area contributed by atoms with Gasteiger partial charge in [0.15, 0.2) is 0 Å². The van der Waals surface area contributed by atoms with Gasteiger partial charge in [-0.15, -0.1) is 0 Å². The molecule has 0 aliphatic heterocycles. The van der Waals surface area contributed by atoms with Crippen LogP contribution >= 0.6 is 35.1 Å². The summed E-state index contributed by atoms with van der Waals surface area (Å²) in [5, 5.41) is 1.22. The Morgan fingerprint density at radius 2 is 1.94 bits per heavy atom. The van der Waals surface area contributed by atoms with E-state index in [2.05, 4.69) is 25.2 Å². The molecule has 0 radical (unpaired) electrons. The molecular formula is C13H17Cl2NS. The van der Waals surface area contributed by atoms with Crippen molar-refractivity contribution in [2.45, 2.75) is 38.4 Å². The molecule has 1 aromatic carbocycles. The van der Waals surface area contributed by atoms with Gasteiger partial charge in [-0.1, -0.05) is 29.3 Å². The molecule has 0 saturated carbocycles. The Morgan fingerprint density at radius 3 is 2.53 bits per heavy atom. The van der Waals surface area contributed by atoms with Crippen LogP contribution in [0.3, 0.4) is 0 Å². The van der Waals surface area contributed by atoms with Gasteiger partial charge in [0.05, 0.1) is 10.0 Å². The highest BCUT2D eigenvalue weighted by Gasteiger charge is 2.08. The van der Waals surface area contributed by atoms with Gasteiger partial charge in [0.2, 0.25) is 0 Å². The van der Waals surface area contributed by atoms with Crippen LogP contribution in [-0.2, 0) is 6.42 Å². The summed E-state index contributed by atoms with van der Waals surface area (Å²) in [4.78, 5) is 0. The van der Waals surface area contributed by atoms with Crippen LogP contribution in [0.4, 0.5) is 0 Å². The largest absolute Gasteiger partial charge is 0.228 e. The maximum Gasteiger partial charge on any atom is 0.0595 e. The molecule has 0 spiro atoms. The van der Waals surface area contributed by atoms with Gasteiger partial charge in [-0.3, -0.25) is 0 Å². The van der Waals surface area contributed by atoms with Crippen molar-refractivity contribution in [3.05, 3.63) is 33.8 Å². The van der Waals surface area contributed by atoms with E-state index in [1.165, 1.54) is 5.56 Å². The molecule has 4 heteroatoms. The van der Waals surface area contributed by atoms with E-state index in [1.807, 2.05) is 24.4 Å². The zero-order valence-corrected chi connectivity index (χ0v) is 12.7. The second-order valence-electron chi connectivity index (χ2n) is 4.78. The third-order valence-corrected chi connectivity index (χ3v) is 3.49. The van der Waals surface area contributed by atoms with Crippen molar-refractivity contribution in [1.82, 2.24) is 0 Å². The van der Waals surface area contributed by atoms with E-state index in [0.29, 0.717) is 10.0 Å². The highest BCUT2D eigenvalue weighted by Crippen LogP contribution is 2.24. The van der Waals surface area contributed by atoms with E-state index in [-0.39, 0.29) is 4.75 Å². The molecule has 94 valence electrons. The molecule has 0 unspecified atom stereocenters. The van der Waals surface area contributed by atoms with Crippen molar-refractivity contribution >= 4 is 41.4 Å². The molecule has 1 nitrogen and oxygen atoms in total. The molecule has 0 atom stereocenters. The molecule has 1 rings (SSSR count). The van der Waals surface area contributed by atoms with Crippen LogP contribution in [0, 0.1) is 0 Å². The first-order valence-corrected chi connectivity index (χ1v) is 7.05. The molecule has 0 fully saturated rings. The Hall–Kier alpha value is -0.180.